The van der Waals surface area contributed by atoms with E-state index < -0.39 is 0 Å². The first-order chi connectivity index (χ1) is 20.6. The highest BCUT2D eigenvalue weighted by molar-refractivity contribution is 6.14. The summed E-state index contributed by atoms with van der Waals surface area (Å²) >= 11 is 0. The third-order valence-electron chi connectivity index (χ3n) is 9.28. The van der Waals surface area contributed by atoms with E-state index in [1.165, 1.54) is 43.8 Å². The standard InChI is InChI=1S/C39H27N3/c1-39(2)32-19-9-7-17-29(32)36-30(18-11-20-33(36)39)37-27-15-5-6-16-28(27)38(41-40-37)42-34-21-10-8-14-26(34)31-22-24-12-3-4-13-25(24)23-35(31)42/h3-23H,1-2H3. The average molecular weight is 538 g/mol. The molecule has 2 aromatic heterocycles. The Bertz CT molecular complexity index is 2390. The van der Waals surface area contributed by atoms with Crippen LogP contribution in [0.5, 0.6) is 0 Å². The zero-order chi connectivity index (χ0) is 28.0. The molecule has 0 fully saturated rings. The summed E-state index contributed by atoms with van der Waals surface area (Å²) < 4.78 is 2.30. The van der Waals surface area contributed by atoms with Crippen molar-refractivity contribution in [3.63, 3.8) is 0 Å². The van der Waals surface area contributed by atoms with Gasteiger partial charge in [0.25, 0.3) is 0 Å². The molecular formula is C39H27N3. The highest BCUT2D eigenvalue weighted by Crippen LogP contribution is 2.52. The fraction of sp³-hybridized carbons (Fsp3) is 0.0769. The van der Waals surface area contributed by atoms with Gasteiger partial charge in [0.1, 0.15) is 5.69 Å². The molecule has 3 nitrogen and oxygen atoms in total. The van der Waals surface area contributed by atoms with Gasteiger partial charge in [0, 0.05) is 32.5 Å². The topological polar surface area (TPSA) is 30.7 Å². The van der Waals surface area contributed by atoms with Gasteiger partial charge in [0.05, 0.1) is 11.0 Å². The van der Waals surface area contributed by atoms with Gasteiger partial charge in [-0.3, -0.25) is 4.57 Å². The van der Waals surface area contributed by atoms with Crippen LogP contribution in [0.15, 0.2) is 127 Å². The van der Waals surface area contributed by atoms with Crippen molar-refractivity contribution in [1.82, 2.24) is 14.8 Å². The van der Waals surface area contributed by atoms with Crippen molar-refractivity contribution < 1.29 is 0 Å². The number of fused-ring (bicyclic) bond motifs is 8. The number of nitrogens with zero attached hydrogens (tertiary/aromatic N) is 3. The van der Waals surface area contributed by atoms with Gasteiger partial charge in [-0.05, 0) is 51.2 Å². The molecule has 42 heavy (non-hydrogen) atoms. The molecule has 3 heteroatoms. The van der Waals surface area contributed by atoms with Crippen molar-refractivity contribution in [2.75, 3.05) is 0 Å². The van der Waals surface area contributed by atoms with Crippen LogP contribution in [0.4, 0.5) is 0 Å². The Morgan fingerprint density at radius 3 is 2.00 bits per heavy atom. The van der Waals surface area contributed by atoms with E-state index in [9.17, 15) is 0 Å². The molecule has 0 aliphatic heterocycles. The van der Waals surface area contributed by atoms with Crippen molar-refractivity contribution in [2.45, 2.75) is 19.3 Å². The minimum atomic E-state index is -0.0726. The van der Waals surface area contributed by atoms with Crippen LogP contribution in [-0.2, 0) is 5.41 Å². The van der Waals surface area contributed by atoms with Crippen LogP contribution in [0, 0.1) is 0 Å². The maximum atomic E-state index is 5.04. The Labute approximate surface area is 243 Å². The molecule has 8 aromatic rings. The molecule has 0 radical (unpaired) electrons. The number of hydrogen-bond donors (Lipinski definition) is 0. The highest BCUT2D eigenvalue weighted by atomic mass is 15.2. The second kappa shape index (κ2) is 8.37. The lowest BCUT2D eigenvalue weighted by molar-refractivity contribution is 0.660. The smallest absolute Gasteiger partial charge is 0.168 e. The summed E-state index contributed by atoms with van der Waals surface area (Å²) in [7, 11) is 0. The SMILES string of the molecule is CC1(C)c2ccccc2-c2c(-c3nnc(-n4c5ccccc5c5cc6ccccc6cc54)c4ccccc34)cccc21. The van der Waals surface area contributed by atoms with E-state index in [0.717, 1.165) is 38.9 Å². The van der Waals surface area contributed by atoms with Gasteiger partial charge in [-0.2, -0.15) is 0 Å². The first-order valence-corrected chi connectivity index (χ1v) is 14.5. The Kier molecular flexibility index (Phi) is 4.67. The van der Waals surface area contributed by atoms with E-state index in [4.69, 9.17) is 10.2 Å². The van der Waals surface area contributed by atoms with Gasteiger partial charge in [0.2, 0.25) is 0 Å². The summed E-state index contributed by atoms with van der Waals surface area (Å²) in [5.74, 6) is 0.851. The second-order valence-corrected chi connectivity index (χ2v) is 11.9. The van der Waals surface area contributed by atoms with Gasteiger partial charge >= 0.3 is 0 Å². The lowest BCUT2D eigenvalue weighted by atomic mass is 9.82. The first-order valence-electron chi connectivity index (χ1n) is 14.5. The molecule has 0 spiro atoms. The summed E-state index contributed by atoms with van der Waals surface area (Å²) in [6.07, 6.45) is 0. The van der Waals surface area contributed by atoms with Crippen LogP contribution in [0.2, 0.25) is 0 Å². The van der Waals surface area contributed by atoms with Crippen molar-refractivity contribution in [3.05, 3.63) is 139 Å². The fourth-order valence-electron chi connectivity index (χ4n) is 7.29. The van der Waals surface area contributed by atoms with Crippen LogP contribution in [0.3, 0.4) is 0 Å². The van der Waals surface area contributed by atoms with Crippen molar-refractivity contribution >= 4 is 43.4 Å². The summed E-state index contributed by atoms with van der Waals surface area (Å²) in [5.41, 5.74) is 9.51. The molecule has 0 saturated carbocycles. The molecule has 9 rings (SSSR count). The van der Waals surface area contributed by atoms with E-state index in [2.05, 4.69) is 146 Å². The molecule has 2 heterocycles. The Balaban J connectivity index is 1.36. The number of aromatic nitrogens is 3. The summed E-state index contributed by atoms with van der Waals surface area (Å²) in [6.45, 7) is 4.64. The van der Waals surface area contributed by atoms with E-state index in [0.29, 0.717) is 0 Å². The molecule has 0 saturated heterocycles. The minimum absolute atomic E-state index is 0.0726. The van der Waals surface area contributed by atoms with Crippen LogP contribution < -0.4 is 0 Å². The Hall–Kier alpha value is -5.28. The van der Waals surface area contributed by atoms with Crippen LogP contribution in [0.1, 0.15) is 25.0 Å². The van der Waals surface area contributed by atoms with E-state index in [1.54, 1.807) is 0 Å². The second-order valence-electron chi connectivity index (χ2n) is 11.9. The monoisotopic (exact) mass is 537 g/mol. The van der Waals surface area contributed by atoms with Crippen molar-refractivity contribution in [1.29, 1.82) is 0 Å². The van der Waals surface area contributed by atoms with Gasteiger partial charge in [-0.1, -0.05) is 123 Å². The molecule has 0 amide bonds. The van der Waals surface area contributed by atoms with Gasteiger partial charge in [0.15, 0.2) is 5.82 Å². The van der Waals surface area contributed by atoms with Crippen LogP contribution in [-0.4, -0.2) is 14.8 Å². The lowest BCUT2D eigenvalue weighted by Gasteiger charge is -2.21. The van der Waals surface area contributed by atoms with Crippen LogP contribution in [0.25, 0.3) is 71.6 Å². The van der Waals surface area contributed by atoms with Crippen molar-refractivity contribution in [2.24, 2.45) is 0 Å². The largest absolute Gasteiger partial charge is 0.292 e. The number of rotatable bonds is 2. The number of benzene rings is 6. The van der Waals surface area contributed by atoms with E-state index in [-0.39, 0.29) is 5.41 Å². The molecule has 1 aliphatic rings. The fourth-order valence-corrected chi connectivity index (χ4v) is 7.29. The molecule has 1 aliphatic carbocycles. The molecule has 0 N–H and O–H groups in total. The summed E-state index contributed by atoms with van der Waals surface area (Å²) in [6, 6.07) is 45.8. The van der Waals surface area contributed by atoms with E-state index >= 15 is 0 Å². The maximum absolute atomic E-state index is 5.04. The number of hydrogen-bond acceptors (Lipinski definition) is 2. The Morgan fingerprint density at radius 1 is 0.500 bits per heavy atom. The molecule has 0 atom stereocenters. The molecule has 0 bridgehead atoms. The highest BCUT2D eigenvalue weighted by Gasteiger charge is 2.37. The van der Waals surface area contributed by atoms with Gasteiger partial charge in [-0.25, -0.2) is 0 Å². The minimum Gasteiger partial charge on any atom is -0.292 e. The number of para-hydroxylation sites is 1. The third-order valence-corrected chi connectivity index (χ3v) is 9.28. The normalized spacial score (nSPS) is 13.7. The van der Waals surface area contributed by atoms with E-state index in [1.807, 2.05) is 0 Å². The van der Waals surface area contributed by atoms with Crippen molar-refractivity contribution in [3.8, 4) is 28.2 Å². The quantitative estimate of drug-likeness (QED) is 0.220. The first kappa shape index (κ1) is 23.4. The summed E-state index contributed by atoms with van der Waals surface area (Å²) in [5, 5.41) is 17.1. The predicted molar refractivity (Wildman–Crippen MR) is 174 cm³/mol. The zero-order valence-corrected chi connectivity index (χ0v) is 23.5. The maximum Gasteiger partial charge on any atom is 0.168 e. The molecule has 198 valence electrons. The molecule has 6 aromatic carbocycles. The Morgan fingerprint density at radius 2 is 1.14 bits per heavy atom. The van der Waals surface area contributed by atoms with Crippen LogP contribution >= 0.6 is 0 Å². The van der Waals surface area contributed by atoms with Gasteiger partial charge in [-0.15, -0.1) is 10.2 Å². The zero-order valence-electron chi connectivity index (χ0n) is 23.5. The summed E-state index contributed by atoms with van der Waals surface area (Å²) in [4.78, 5) is 0. The molecular weight excluding hydrogens is 510 g/mol. The molecule has 0 unspecified atom stereocenters. The lowest BCUT2D eigenvalue weighted by Crippen LogP contribution is -2.14. The third kappa shape index (κ3) is 3.05. The predicted octanol–water partition coefficient (Wildman–Crippen LogP) is 9.85. The van der Waals surface area contributed by atoms with Gasteiger partial charge < -0.3 is 0 Å². The average Bonchev–Trinajstić information content (AvgIpc) is 3.48.